The van der Waals surface area contributed by atoms with E-state index in [0.717, 1.165) is 42.4 Å². The van der Waals surface area contributed by atoms with Crippen LogP contribution in [0.25, 0.3) is 0 Å². The van der Waals surface area contributed by atoms with Crippen molar-refractivity contribution in [2.45, 2.75) is 137 Å². The normalized spacial score (nSPS) is 16.9. The maximum atomic E-state index is 14.3. The van der Waals surface area contributed by atoms with Gasteiger partial charge < -0.3 is 20.3 Å². The van der Waals surface area contributed by atoms with Crippen molar-refractivity contribution in [1.29, 1.82) is 0 Å². The number of alkyl carbamates (subject to hydrolysis) is 1. The minimum absolute atomic E-state index is 0.116. The van der Waals surface area contributed by atoms with Gasteiger partial charge >= 0.3 is 6.09 Å². The van der Waals surface area contributed by atoms with Gasteiger partial charge in [0.05, 0.1) is 0 Å². The summed E-state index contributed by atoms with van der Waals surface area (Å²) >= 11 is 0. The van der Waals surface area contributed by atoms with E-state index in [1.165, 1.54) is 6.42 Å². The first-order valence-corrected chi connectivity index (χ1v) is 14.4. The van der Waals surface area contributed by atoms with E-state index in [1.807, 2.05) is 53.7 Å². The maximum Gasteiger partial charge on any atom is 0.408 e. The molecule has 0 radical (unpaired) electrons. The van der Waals surface area contributed by atoms with Crippen molar-refractivity contribution >= 4 is 17.9 Å². The van der Waals surface area contributed by atoms with E-state index in [1.54, 1.807) is 25.7 Å². The Morgan fingerprint density at radius 1 is 1.00 bits per heavy atom. The van der Waals surface area contributed by atoms with E-state index in [2.05, 4.69) is 16.7 Å². The van der Waals surface area contributed by atoms with Gasteiger partial charge in [-0.2, -0.15) is 0 Å². The molecule has 1 aromatic carbocycles. The average Bonchev–Trinajstić information content (AvgIpc) is 2.79. The Morgan fingerprint density at radius 3 is 2.08 bits per heavy atom. The van der Waals surface area contributed by atoms with Crippen LogP contribution < -0.4 is 10.6 Å². The number of hydrogen-bond acceptors (Lipinski definition) is 4. The number of rotatable bonds is 10. The monoisotopic (exact) mass is 529 g/mol. The SMILES string of the molecule is CCC(C)N(C(=O)C(CC(C)C)NC(=O)OC(C)(C)C)C(C(=O)NC1CCCCC1)c1cc(C)cc(C)c1. The minimum Gasteiger partial charge on any atom is -0.444 e. The van der Waals surface area contributed by atoms with Crippen LogP contribution in [0.2, 0.25) is 0 Å². The van der Waals surface area contributed by atoms with Crippen molar-refractivity contribution in [3.8, 4) is 0 Å². The van der Waals surface area contributed by atoms with Crippen LogP contribution in [0.4, 0.5) is 4.79 Å². The topological polar surface area (TPSA) is 87.7 Å². The highest BCUT2D eigenvalue weighted by molar-refractivity contribution is 5.92. The number of carbonyl (C=O) groups is 3. The maximum absolute atomic E-state index is 14.3. The lowest BCUT2D eigenvalue weighted by Gasteiger charge is -2.39. The molecule has 0 heterocycles. The highest BCUT2D eigenvalue weighted by Crippen LogP contribution is 2.29. The van der Waals surface area contributed by atoms with Crippen molar-refractivity contribution < 1.29 is 19.1 Å². The molecule has 0 aliphatic heterocycles. The number of nitrogens with zero attached hydrogens (tertiary/aromatic N) is 1. The molecule has 7 nitrogen and oxygen atoms in total. The number of aryl methyl sites for hydroxylation is 2. The zero-order chi connectivity index (χ0) is 28.6. The number of ether oxygens (including phenoxy) is 1. The molecule has 3 atom stereocenters. The summed E-state index contributed by atoms with van der Waals surface area (Å²) in [5.74, 6) is -0.272. The Morgan fingerprint density at radius 2 is 1.58 bits per heavy atom. The van der Waals surface area contributed by atoms with Crippen molar-refractivity contribution in [3.05, 3.63) is 34.9 Å². The number of nitrogens with one attached hydrogen (secondary N) is 2. The standard InChI is InChI=1S/C31H51N3O4/c1-10-23(6)34(29(36)26(16-20(2)3)33-30(37)38-31(7,8)9)27(24-18-21(4)17-22(5)19-24)28(35)32-25-14-12-11-13-15-25/h17-20,23,25-27H,10-16H2,1-9H3,(H,32,35)(H,33,37). The fraction of sp³-hybridized carbons (Fsp3) is 0.710. The molecule has 2 rings (SSSR count). The number of hydrogen-bond donors (Lipinski definition) is 2. The highest BCUT2D eigenvalue weighted by atomic mass is 16.6. The van der Waals surface area contributed by atoms with Crippen molar-refractivity contribution in [2.75, 3.05) is 0 Å². The van der Waals surface area contributed by atoms with Crippen LogP contribution in [0.15, 0.2) is 18.2 Å². The Balaban J connectivity index is 2.53. The number of benzene rings is 1. The second-order valence-corrected chi connectivity index (χ2v) is 12.5. The molecule has 1 aliphatic rings. The number of carbonyl (C=O) groups excluding carboxylic acids is 3. The second kappa shape index (κ2) is 14.0. The Hall–Kier alpha value is -2.57. The molecule has 0 spiro atoms. The summed E-state index contributed by atoms with van der Waals surface area (Å²) in [6.07, 6.45) is 5.79. The van der Waals surface area contributed by atoms with E-state index >= 15 is 0 Å². The van der Waals surface area contributed by atoms with Crippen molar-refractivity contribution in [3.63, 3.8) is 0 Å². The summed E-state index contributed by atoms with van der Waals surface area (Å²) in [7, 11) is 0. The van der Waals surface area contributed by atoms with E-state index < -0.39 is 23.8 Å². The molecule has 0 saturated heterocycles. The predicted octanol–water partition coefficient (Wildman–Crippen LogP) is 6.36. The molecule has 38 heavy (non-hydrogen) atoms. The summed E-state index contributed by atoms with van der Waals surface area (Å²) in [6, 6.07) is 4.35. The smallest absolute Gasteiger partial charge is 0.408 e. The van der Waals surface area contributed by atoms with Gasteiger partial charge in [0, 0.05) is 12.1 Å². The van der Waals surface area contributed by atoms with Crippen LogP contribution in [0.5, 0.6) is 0 Å². The molecule has 1 aromatic rings. The highest BCUT2D eigenvalue weighted by Gasteiger charge is 2.39. The number of amides is 3. The summed E-state index contributed by atoms with van der Waals surface area (Å²) in [5, 5.41) is 6.11. The summed E-state index contributed by atoms with van der Waals surface area (Å²) in [6.45, 7) is 17.4. The molecule has 1 saturated carbocycles. The van der Waals surface area contributed by atoms with Crippen LogP contribution in [0.1, 0.15) is 116 Å². The van der Waals surface area contributed by atoms with E-state index in [0.29, 0.717) is 12.8 Å². The van der Waals surface area contributed by atoms with Gasteiger partial charge in [-0.1, -0.05) is 69.4 Å². The van der Waals surface area contributed by atoms with Crippen LogP contribution in [-0.2, 0) is 14.3 Å². The fourth-order valence-corrected chi connectivity index (χ4v) is 5.25. The van der Waals surface area contributed by atoms with Gasteiger partial charge in [-0.25, -0.2) is 4.79 Å². The van der Waals surface area contributed by atoms with Crippen molar-refractivity contribution in [1.82, 2.24) is 15.5 Å². The summed E-state index contributed by atoms with van der Waals surface area (Å²) in [5.41, 5.74) is 2.19. The van der Waals surface area contributed by atoms with Crippen molar-refractivity contribution in [2.24, 2.45) is 5.92 Å². The molecule has 0 aromatic heterocycles. The molecule has 1 fully saturated rings. The first kappa shape index (κ1) is 31.6. The zero-order valence-electron chi connectivity index (χ0n) is 25.1. The quantitative estimate of drug-likeness (QED) is 0.369. The zero-order valence-corrected chi connectivity index (χ0v) is 25.1. The fourth-order valence-electron chi connectivity index (χ4n) is 5.25. The first-order chi connectivity index (χ1) is 17.7. The van der Waals surface area contributed by atoms with Gasteiger partial charge in [-0.15, -0.1) is 0 Å². The van der Waals surface area contributed by atoms with E-state index in [-0.39, 0.29) is 29.8 Å². The van der Waals surface area contributed by atoms with E-state index in [4.69, 9.17) is 4.74 Å². The minimum atomic E-state index is -0.810. The predicted molar refractivity (Wildman–Crippen MR) is 153 cm³/mol. The van der Waals surface area contributed by atoms with Gasteiger partial charge in [0.15, 0.2) is 0 Å². The Bertz CT molecular complexity index is 927. The van der Waals surface area contributed by atoms with Gasteiger partial charge in [0.2, 0.25) is 11.8 Å². The third kappa shape index (κ3) is 9.63. The lowest BCUT2D eigenvalue weighted by atomic mass is 9.93. The molecule has 1 aliphatic carbocycles. The van der Waals surface area contributed by atoms with Gasteiger partial charge in [-0.3, -0.25) is 9.59 Å². The third-order valence-corrected chi connectivity index (χ3v) is 7.05. The average molecular weight is 530 g/mol. The third-order valence-electron chi connectivity index (χ3n) is 7.05. The Labute approximate surface area is 230 Å². The van der Waals surface area contributed by atoms with Crippen LogP contribution >= 0.6 is 0 Å². The summed E-state index contributed by atoms with van der Waals surface area (Å²) < 4.78 is 5.49. The molecule has 7 heteroatoms. The van der Waals surface area contributed by atoms with Crippen LogP contribution in [0.3, 0.4) is 0 Å². The van der Waals surface area contributed by atoms with Crippen LogP contribution in [0, 0.1) is 19.8 Å². The molecule has 3 unspecified atom stereocenters. The molecular weight excluding hydrogens is 478 g/mol. The van der Waals surface area contributed by atoms with Crippen LogP contribution in [-0.4, -0.2) is 46.5 Å². The van der Waals surface area contributed by atoms with Gasteiger partial charge in [-0.05, 0) is 78.7 Å². The second-order valence-electron chi connectivity index (χ2n) is 12.5. The largest absolute Gasteiger partial charge is 0.444 e. The van der Waals surface area contributed by atoms with Gasteiger partial charge in [0.25, 0.3) is 0 Å². The molecule has 0 bridgehead atoms. The lowest BCUT2D eigenvalue weighted by molar-refractivity contribution is -0.145. The molecule has 214 valence electrons. The molecular formula is C31H51N3O4. The summed E-state index contributed by atoms with van der Waals surface area (Å²) in [4.78, 5) is 42.8. The van der Waals surface area contributed by atoms with Gasteiger partial charge in [0.1, 0.15) is 17.7 Å². The molecule has 2 N–H and O–H groups in total. The van der Waals surface area contributed by atoms with E-state index in [9.17, 15) is 14.4 Å². The molecule has 3 amide bonds. The Kier molecular flexibility index (Phi) is 11.7. The lowest BCUT2D eigenvalue weighted by Crippen LogP contribution is -2.56. The first-order valence-electron chi connectivity index (χ1n) is 14.4.